The minimum Gasteiger partial charge on any atom is -0.492 e. The van der Waals surface area contributed by atoms with E-state index in [1.165, 1.54) is 6.92 Å². The Morgan fingerprint density at radius 2 is 1.76 bits per heavy atom. The summed E-state index contributed by atoms with van der Waals surface area (Å²) < 4.78 is 5.83. The van der Waals surface area contributed by atoms with Crippen LogP contribution in [0.3, 0.4) is 0 Å². The van der Waals surface area contributed by atoms with E-state index in [-0.39, 0.29) is 29.8 Å². The van der Waals surface area contributed by atoms with Crippen LogP contribution in [-0.4, -0.2) is 72.9 Å². The number of benzene rings is 2. The van der Waals surface area contributed by atoms with E-state index in [1.54, 1.807) is 24.4 Å². The Morgan fingerprint density at radius 1 is 1.02 bits per heavy atom. The SMILES string of the molecule is CC(=O)c1ccc(N2[C@@H]3CC[C@H]2C[C@@H](NC(=O)c2ccc(C(N)=O)c(Nc4cccc(OCCN(C)C)c4)c2)C3)nc1. The number of Topliss-reactive ketones (excluding diaryl/α,β-unsaturated/α-hetero) is 1. The van der Waals surface area contributed by atoms with Crippen molar-refractivity contribution in [2.45, 2.75) is 50.7 Å². The Labute approximate surface area is 246 Å². The molecule has 0 unspecified atom stereocenters. The average molecular weight is 571 g/mol. The topological polar surface area (TPSA) is 130 Å². The molecule has 3 aromatic rings. The number of hydrogen-bond donors (Lipinski definition) is 3. The number of nitrogens with two attached hydrogens (primary N) is 1. The Hall–Kier alpha value is -4.44. The van der Waals surface area contributed by atoms with Crippen LogP contribution in [0, 0.1) is 0 Å². The molecule has 0 aliphatic carbocycles. The predicted molar refractivity (Wildman–Crippen MR) is 163 cm³/mol. The number of nitrogens with one attached hydrogen (secondary N) is 2. The van der Waals surface area contributed by atoms with Crippen LogP contribution in [0.15, 0.2) is 60.8 Å². The van der Waals surface area contributed by atoms with Gasteiger partial charge in [-0.05, 0) is 89.2 Å². The van der Waals surface area contributed by atoms with Gasteiger partial charge in [0.15, 0.2) is 5.78 Å². The first-order valence-corrected chi connectivity index (χ1v) is 14.3. The number of hydrogen-bond acceptors (Lipinski definition) is 8. The lowest BCUT2D eigenvalue weighted by molar-refractivity contribution is 0.0924. The summed E-state index contributed by atoms with van der Waals surface area (Å²) in [6.07, 6.45) is 5.33. The second-order valence-corrected chi connectivity index (χ2v) is 11.3. The van der Waals surface area contributed by atoms with Gasteiger partial charge < -0.3 is 30.9 Å². The fraction of sp³-hybridized carbons (Fsp3) is 0.375. The Balaban J connectivity index is 1.26. The van der Waals surface area contributed by atoms with E-state index in [0.29, 0.717) is 40.4 Å². The van der Waals surface area contributed by atoms with Crippen LogP contribution in [0.2, 0.25) is 0 Å². The lowest BCUT2D eigenvalue weighted by Crippen LogP contribution is -2.50. The van der Waals surface area contributed by atoms with Gasteiger partial charge in [0.1, 0.15) is 18.2 Å². The highest BCUT2D eigenvalue weighted by molar-refractivity contribution is 6.02. The number of nitrogens with zero attached hydrogens (tertiary/aromatic N) is 3. The number of primary amides is 1. The van der Waals surface area contributed by atoms with E-state index in [9.17, 15) is 14.4 Å². The number of fused-ring (bicyclic) bond motifs is 2. The van der Waals surface area contributed by atoms with Crippen LogP contribution < -0.4 is 26.0 Å². The maximum atomic E-state index is 13.4. The zero-order valence-corrected chi connectivity index (χ0v) is 24.3. The molecule has 2 aliphatic heterocycles. The maximum absolute atomic E-state index is 13.4. The van der Waals surface area contributed by atoms with Crippen molar-refractivity contribution >= 4 is 34.8 Å². The number of amides is 2. The van der Waals surface area contributed by atoms with Gasteiger partial charge >= 0.3 is 0 Å². The molecule has 42 heavy (non-hydrogen) atoms. The van der Waals surface area contributed by atoms with Crippen molar-refractivity contribution in [1.29, 1.82) is 0 Å². The minimum absolute atomic E-state index is 0.00110. The molecule has 10 nitrogen and oxygen atoms in total. The highest BCUT2D eigenvalue weighted by Crippen LogP contribution is 2.38. The molecule has 2 aromatic carbocycles. The lowest BCUT2D eigenvalue weighted by Gasteiger charge is -2.40. The van der Waals surface area contributed by atoms with Gasteiger partial charge in [-0.25, -0.2) is 4.98 Å². The summed E-state index contributed by atoms with van der Waals surface area (Å²) in [5, 5.41) is 6.46. The molecule has 0 spiro atoms. The molecule has 3 atom stereocenters. The Morgan fingerprint density at radius 3 is 2.40 bits per heavy atom. The smallest absolute Gasteiger partial charge is 0.251 e. The van der Waals surface area contributed by atoms with Gasteiger partial charge in [0, 0.05) is 53.7 Å². The van der Waals surface area contributed by atoms with Crippen molar-refractivity contribution in [1.82, 2.24) is 15.2 Å². The zero-order chi connectivity index (χ0) is 29.8. The van der Waals surface area contributed by atoms with E-state index in [2.05, 4.69) is 20.5 Å². The Kier molecular flexibility index (Phi) is 8.72. The second-order valence-electron chi connectivity index (χ2n) is 11.3. The molecule has 220 valence electrons. The van der Waals surface area contributed by atoms with Gasteiger partial charge in [-0.1, -0.05) is 6.07 Å². The van der Waals surface area contributed by atoms with Gasteiger partial charge in [-0.2, -0.15) is 0 Å². The number of carbonyl (C=O) groups excluding carboxylic acids is 3. The standard InChI is InChI=1S/C32H38N6O4/c1-20(39)22-8-12-30(34-19-22)38-25-9-10-26(38)17-24(16-25)36-32(41)21-7-11-28(31(33)40)29(15-21)35-23-5-4-6-27(18-23)42-14-13-37(2)3/h4-8,11-12,15,18-19,24-26,35H,9-10,13-14,16-17H2,1-3H3,(H2,33,40)(H,36,41)/t24-,25+,26-. The van der Waals surface area contributed by atoms with Crippen molar-refractivity contribution in [2.24, 2.45) is 5.73 Å². The van der Waals surface area contributed by atoms with Crippen molar-refractivity contribution < 1.29 is 19.1 Å². The van der Waals surface area contributed by atoms with Crippen LogP contribution in [0.1, 0.15) is 63.7 Å². The summed E-state index contributed by atoms with van der Waals surface area (Å²) in [7, 11) is 3.97. The fourth-order valence-corrected chi connectivity index (χ4v) is 5.85. The zero-order valence-electron chi connectivity index (χ0n) is 24.3. The molecular formula is C32H38N6O4. The first-order valence-electron chi connectivity index (χ1n) is 14.3. The molecule has 1 aromatic heterocycles. The number of ether oxygens (including phenoxy) is 1. The number of carbonyl (C=O) groups is 3. The van der Waals surface area contributed by atoms with Gasteiger partial charge in [0.25, 0.3) is 11.8 Å². The van der Waals surface area contributed by atoms with Crippen molar-refractivity contribution in [2.75, 3.05) is 37.5 Å². The van der Waals surface area contributed by atoms with Crippen LogP contribution in [0.5, 0.6) is 5.75 Å². The summed E-state index contributed by atoms with van der Waals surface area (Å²) in [6, 6.07) is 16.6. The summed E-state index contributed by atoms with van der Waals surface area (Å²) in [4.78, 5) is 46.1. The van der Waals surface area contributed by atoms with Crippen LogP contribution in [-0.2, 0) is 0 Å². The van der Waals surface area contributed by atoms with E-state index in [1.807, 2.05) is 55.4 Å². The van der Waals surface area contributed by atoms with Gasteiger partial charge in [-0.3, -0.25) is 14.4 Å². The fourth-order valence-electron chi connectivity index (χ4n) is 5.85. The number of piperidine rings is 1. The number of ketones is 1. The second kappa shape index (κ2) is 12.6. The van der Waals surface area contributed by atoms with E-state index in [4.69, 9.17) is 10.5 Å². The maximum Gasteiger partial charge on any atom is 0.251 e. The van der Waals surface area contributed by atoms with Crippen molar-refractivity contribution in [3.63, 3.8) is 0 Å². The molecule has 5 rings (SSSR count). The molecule has 2 amide bonds. The highest BCUT2D eigenvalue weighted by Gasteiger charge is 2.41. The van der Waals surface area contributed by atoms with E-state index >= 15 is 0 Å². The summed E-state index contributed by atoms with van der Waals surface area (Å²) in [5.41, 5.74) is 8.16. The normalized spacial score (nSPS) is 19.4. The molecule has 3 heterocycles. The molecule has 0 saturated carbocycles. The van der Waals surface area contributed by atoms with Crippen LogP contribution in [0.25, 0.3) is 0 Å². The minimum atomic E-state index is -0.586. The molecule has 2 aliphatic rings. The third-order valence-electron chi connectivity index (χ3n) is 7.95. The number of rotatable bonds is 11. The van der Waals surface area contributed by atoms with Crippen molar-refractivity contribution in [3.05, 3.63) is 77.5 Å². The summed E-state index contributed by atoms with van der Waals surface area (Å²) in [5.74, 6) is 0.789. The molecule has 2 bridgehead atoms. The lowest BCUT2D eigenvalue weighted by atomic mass is 9.96. The van der Waals surface area contributed by atoms with Crippen LogP contribution >= 0.6 is 0 Å². The summed E-state index contributed by atoms with van der Waals surface area (Å²) in [6.45, 7) is 2.87. The van der Waals surface area contributed by atoms with Gasteiger partial charge in [0.05, 0.1) is 11.3 Å². The molecule has 2 saturated heterocycles. The average Bonchev–Trinajstić information content (AvgIpc) is 3.22. The number of anilines is 3. The highest BCUT2D eigenvalue weighted by atomic mass is 16.5. The van der Waals surface area contributed by atoms with E-state index < -0.39 is 5.91 Å². The predicted octanol–water partition coefficient (Wildman–Crippen LogP) is 4.00. The third-order valence-corrected chi connectivity index (χ3v) is 7.95. The molecular weight excluding hydrogens is 532 g/mol. The van der Waals surface area contributed by atoms with Crippen LogP contribution in [0.4, 0.5) is 17.2 Å². The molecule has 4 N–H and O–H groups in total. The van der Waals surface area contributed by atoms with Crippen molar-refractivity contribution in [3.8, 4) is 5.75 Å². The number of likely N-dealkylation sites (N-methyl/N-ethyl adjacent to an activating group) is 1. The number of pyridine rings is 1. The molecule has 2 fully saturated rings. The quantitative estimate of drug-likeness (QED) is 0.295. The Bertz CT molecular complexity index is 1440. The monoisotopic (exact) mass is 570 g/mol. The summed E-state index contributed by atoms with van der Waals surface area (Å²) >= 11 is 0. The molecule has 10 heteroatoms. The first kappa shape index (κ1) is 29.1. The third kappa shape index (κ3) is 6.71. The first-order chi connectivity index (χ1) is 20.2. The van der Waals surface area contributed by atoms with Gasteiger partial charge in [-0.15, -0.1) is 0 Å². The van der Waals surface area contributed by atoms with E-state index in [0.717, 1.165) is 38.0 Å². The molecule has 0 radical (unpaired) electrons. The van der Waals surface area contributed by atoms with Gasteiger partial charge in [0.2, 0.25) is 0 Å². The number of aromatic nitrogens is 1. The largest absolute Gasteiger partial charge is 0.492 e.